The molecule has 1 aliphatic heterocycles. The summed E-state index contributed by atoms with van der Waals surface area (Å²) >= 11 is 0. The molecule has 1 saturated heterocycles. The van der Waals surface area contributed by atoms with Crippen molar-refractivity contribution in [2.45, 2.75) is 38.6 Å². The van der Waals surface area contributed by atoms with Crippen LogP contribution in [-0.2, 0) is 9.59 Å². The predicted octanol–water partition coefficient (Wildman–Crippen LogP) is 0.181. The molecule has 1 heterocycles. The third-order valence-corrected chi connectivity index (χ3v) is 2.22. The van der Waals surface area contributed by atoms with Crippen LogP contribution in [0.4, 0.5) is 0 Å². The Hall–Kier alpha value is -1.06. The topological polar surface area (TPSA) is 58.2 Å². The van der Waals surface area contributed by atoms with Crippen LogP contribution in [0.5, 0.6) is 0 Å². The van der Waals surface area contributed by atoms with Crippen molar-refractivity contribution >= 4 is 11.8 Å². The third-order valence-electron chi connectivity index (χ3n) is 2.22. The van der Waals surface area contributed by atoms with Gasteiger partial charge in [-0.05, 0) is 12.8 Å². The summed E-state index contributed by atoms with van der Waals surface area (Å²) in [4.78, 5) is 22.0. The van der Waals surface area contributed by atoms with Gasteiger partial charge in [-0.1, -0.05) is 6.92 Å². The lowest BCUT2D eigenvalue weighted by atomic mass is 10.1. The smallest absolute Gasteiger partial charge is 0.220 e. The Morgan fingerprint density at radius 3 is 3.08 bits per heavy atom. The van der Waals surface area contributed by atoms with Crippen LogP contribution < -0.4 is 10.6 Å². The van der Waals surface area contributed by atoms with Crippen molar-refractivity contribution in [2.24, 2.45) is 0 Å². The van der Waals surface area contributed by atoms with Crippen molar-refractivity contribution in [3.63, 3.8) is 0 Å². The van der Waals surface area contributed by atoms with Crippen LogP contribution in [-0.4, -0.2) is 24.4 Å². The number of rotatable bonds is 2. The monoisotopic (exact) mass is 184 g/mol. The average Bonchev–Trinajstić information content (AvgIpc) is 2.31. The van der Waals surface area contributed by atoms with E-state index >= 15 is 0 Å². The molecule has 2 amide bonds. The Morgan fingerprint density at radius 2 is 2.38 bits per heavy atom. The highest BCUT2D eigenvalue weighted by Crippen LogP contribution is 2.05. The van der Waals surface area contributed by atoms with Gasteiger partial charge in [-0.2, -0.15) is 0 Å². The molecule has 1 atom stereocenters. The normalized spacial score (nSPS) is 23.2. The minimum absolute atomic E-state index is 0.0688. The van der Waals surface area contributed by atoms with Gasteiger partial charge in [-0.15, -0.1) is 0 Å². The fourth-order valence-corrected chi connectivity index (χ4v) is 1.40. The van der Waals surface area contributed by atoms with Crippen LogP contribution in [0.3, 0.4) is 0 Å². The molecule has 4 heteroatoms. The van der Waals surface area contributed by atoms with Gasteiger partial charge in [0.2, 0.25) is 11.8 Å². The van der Waals surface area contributed by atoms with E-state index in [2.05, 4.69) is 10.6 Å². The largest absolute Gasteiger partial charge is 0.356 e. The molecule has 2 N–H and O–H groups in total. The Balaban J connectivity index is 2.33. The summed E-state index contributed by atoms with van der Waals surface area (Å²) < 4.78 is 0. The Labute approximate surface area is 78.1 Å². The maximum atomic E-state index is 11.1. The fraction of sp³-hybridized carbons (Fsp3) is 0.778. The zero-order valence-corrected chi connectivity index (χ0v) is 7.93. The summed E-state index contributed by atoms with van der Waals surface area (Å²) in [5.74, 6) is 0.160. The predicted molar refractivity (Wildman–Crippen MR) is 49.1 cm³/mol. The lowest BCUT2D eigenvalue weighted by molar-refractivity contribution is -0.122. The third kappa shape index (κ3) is 3.44. The van der Waals surface area contributed by atoms with Crippen molar-refractivity contribution in [1.82, 2.24) is 10.6 Å². The summed E-state index contributed by atoms with van der Waals surface area (Å²) in [6, 6.07) is 0.173. The van der Waals surface area contributed by atoms with E-state index in [4.69, 9.17) is 0 Å². The molecule has 0 aliphatic carbocycles. The number of amides is 2. The first-order chi connectivity index (χ1) is 6.22. The van der Waals surface area contributed by atoms with Gasteiger partial charge in [0.15, 0.2) is 0 Å². The molecule has 0 radical (unpaired) electrons. The second kappa shape index (κ2) is 4.84. The van der Waals surface area contributed by atoms with Crippen molar-refractivity contribution in [2.75, 3.05) is 6.54 Å². The molecule has 1 aliphatic rings. The number of carbonyl (C=O) groups excluding carboxylic acids is 2. The first-order valence-electron chi connectivity index (χ1n) is 4.78. The number of nitrogens with one attached hydrogen (secondary N) is 2. The number of hydrogen-bond donors (Lipinski definition) is 2. The molecule has 74 valence electrons. The molecule has 1 fully saturated rings. The van der Waals surface area contributed by atoms with Crippen LogP contribution in [0.15, 0.2) is 0 Å². The molecule has 0 aromatic carbocycles. The van der Waals surface area contributed by atoms with E-state index in [0.717, 1.165) is 12.8 Å². The van der Waals surface area contributed by atoms with Gasteiger partial charge >= 0.3 is 0 Å². The van der Waals surface area contributed by atoms with Crippen LogP contribution in [0.25, 0.3) is 0 Å². The Bertz CT molecular complexity index is 204. The highest BCUT2D eigenvalue weighted by Gasteiger charge is 2.16. The summed E-state index contributed by atoms with van der Waals surface area (Å²) in [5, 5.41) is 5.67. The minimum Gasteiger partial charge on any atom is -0.356 e. The number of carbonyl (C=O) groups is 2. The van der Waals surface area contributed by atoms with Crippen molar-refractivity contribution in [3.05, 3.63) is 0 Å². The van der Waals surface area contributed by atoms with Gasteiger partial charge < -0.3 is 10.6 Å². The van der Waals surface area contributed by atoms with E-state index < -0.39 is 0 Å². The van der Waals surface area contributed by atoms with E-state index in [1.54, 1.807) is 0 Å². The molecule has 1 unspecified atom stereocenters. The lowest BCUT2D eigenvalue weighted by Gasteiger charge is -2.14. The highest BCUT2D eigenvalue weighted by atomic mass is 16.2. The van der Waals surface area contributed by atoms with Crippen molar-refractivity contribution < 1.29 is 9.59 Å². The summed E-state index contributed by atoms with van der Waals surface area (Å²) in [7, 11) is 0. The summed E-state index contributed by atoms with van der Waals surface area (Å²) in [6.07, 6.45) is 2.64. The lowest BCUT2D eigenvalue weighted by Crippen LogP contribution is -2.34. The van der Waals surface area contributed by atoms with E-state index in [1.807, 2.05) is 6.92 Å². The van der Waals surface area contributed by atoms with E-state index in [1.165, 1.54) is 0 Å². The van der Waals surface area contributed by atoms with Crippen LogP contribution in [0.2, 0.25) is 0 Å². The fourth-order valence-electron chi connectivity index (χ4n) is 1.40. The molecular formula is C9H16N2O2. The second-order valence-corrected chi connectivity index (χ2v) is 3.30. The van der Waals surface area contributed by atoms with Crippen molar-refractivity contribution in [3.8, 4) is 0 Å². The number of hydrogen-bond acceptors (Lipinski definition) is 2. The maximum Gasteiger partial charge on any atom is 0.220 e. The minimum atomic E-state index is 0.0688. The highest BCUT2D eigenvalue weighted by molar-refractivity contribution is 5.77. The standard InChI is InChI=1S/C9H16N2O2/c1-2-8(12)11-7-3-4-9(13)10-6-5-7/h7H,2-6H2,1H3,(H,10,13)(H,11,12). The average molecular weight is 184 g/mol. The molecule has 4 nitrogen and oxygen atoms in total. The maximum absolute atomic E-state index is 11.1. The zero-order valence-electron chi connectivity index (χ0n) is 7.93. The SMILES string of the molecule is CCC(=O)NC1CCNC(=O)CC1. The molecule has 0 aromatic heterocycles. The van der Waals surface area contributed by atoms with Gasteiger partial charge in [0.25, 0.3) is 0 Å². The second-order valence-electron chi connectivity index (χ2n) is 3.30. The molecule has 0 aromatic rings. The summed E-state index contributed by atoms with van der Waals surface area (Å²) in [5.41, 5.74) is 0. The molecule has 1 rings (SSSR count). The molecule has 13 heavy (non-hydrogen) atoms. The molecule has 0 bridgehead atoms. The van der Waals surface area contributed by atoms with E-state index in [-0.39, 0.29) is 17.9 Å². The van der Waals surface area contributed by atoms with Gasteiger partial charge in [0.05, 0.1) is 0 Å². The first kappa shape index (κ1) is 10.0. The van der Waals surface area contributed by atoms with Crippen LogP contribution in [0, 0.1) is 0 Å². The van der Waals surface area contributed by atoms with Crippen LogP contribution >= 0.6 is 0 Å². The molecule has 0 spiro atoms. The zero-order chi connectivity index (χ0) is 9.68. The van der Waals surface area contributed by atoms with E-state index in [0.29, 0.717) is 19.4 Å². The quantitative estimate of drug-likeness (QED) is 0.643. The first-order valence-corrected chi connectivity index (χ1v) is 4.78. The van der Waals surface area contributed by atoms with Gasteiger partial charge in [0, 0.05) is 25.4 Å². The van der Waals surface area contributed by atoms with Crippen molar-refractivity contribution in [1.29, 1.82) is 0 Å². The Kier molecular flexibility index (Phi) is 3.73. The Morgan fingerprint density at radius 1 is 1.62 bits per heavy atom. The van der Waals surface area contributed by atoms with E-state index in [9.17, 15) is 9.59 Å². The van der Waals surface area contributed by atoms with Gasteiger partial charge in [0.1, 0.15) is 0 Å². The summed E-state index contributed by atoms with van der Waals surface area (Å²) in [6.45, 7) is 2.50. The van der Waals surface area contributed by atoms with Gasteiger partial charge in [-0.25, -0.2) is 0 Å². The van der Waals surface area contributed by atoms with Gasteiger partial charge in [-0.3, -0.25) is 9.59 Å². The van der Waals surface area contributed by atoms with Crippen LogP contribution in [0.1, 0.15) is 32.6 Å². The molecule has 0 saturated carbocycles. The molecular weight excluding hydrogens is 168 g/mol.